The van der Waals surface area contributed by atoms with E-state index in [2.05, 4.69) is 20.4 Å². The molecule has 0 aliphatic carbocycles. The first-order valence-corrected chi connectivity index (χ1v) is 6.23. The van der Waals surface area contributed by atoms with E-state index in [0.29, 0.717) is 11.7 Å². The van der Waals surface area contributed by atoms with Gasteiger partial charge < -0.3 is 5.32 Å². The Morgan fingerprint density at radius 1 is 1.39 bits per heavy atom. The van der Waals surface area contributed by atoms with Gasteiger partial charge in [-0.1, -0.05) is 18.5 Å². The molecule has 0 saturated carbocycles. The third kappa shape index (κ3) is 2.79. The van der Waals surface area contributed by atoms with Crippen molar-refractivity contribution in [3.63, 3.8) is 0 Å². The smallest absolute Gasteiger partial charge is 0.137 e. The summed E-state index contributed by atoms with van der Waals surface area (Å²) in [5.74, 6) is 1.52. The Balaban J connectivity index is 2.15. The van der Waals surface area contributed by atoms with Crippen LogP contribution in [-0.4, -0.2) is 19.7 Å². The van der Waals surface area contributed by atoms with Crippen LogP contribution in [0, 0.1) is 6.92 Å². The van der Waals surface area contributed by atoms with Crippen LogP contribution in [0.1, 0.15) is 24.0 Å². The molecule has 0 unspecified atom stereocenters. The number of halogens is 1. The van der Waals surface area contributed by atoms with Gasteiger partial charge in [-0.2, -0.15) is 5.10 Å². The summed E-state index contributed by atoms with van der Waals surface area (Å²) in [6.07, 6.45) is 2.67. The number of nitrogens with zero attached hydrogens (tertiary/aromatic N) is 4. The first-order chi connectivity index (χ1) is 8.60. The van der Waals surface area contributed by atoms with Crippen LogP contribution in [0.2, 0.25) is 5.15 Å². The third-order valence-corrected chi connectivity index (χ3v) is 3.02. The Morgan fingerprint density at radius 3 is 2.78 bits per heavy atom. The van der Waals surface area contributed by atoms with Crippen molar-refractivity contribution in [3.05, 3.63) is 34.5 Å². The summed E-state index contributed by atoms with van der Waals surface area (Å²) in [5.41, 5.74) is 1.83. The van der Waals surface area contributed by atoms with Gasteiger partial charge in [0.15, 0.2) is 0 Å². The minimum absolute atomic E-state index is 0.505. The molecule has 2 heterocycles. The predicted molar refractivity (Wildman–Crippen MR) is 71.7 cm³/mol. The van der Waals surface area contributed by atoms with Crippen molar-refractivity contribution in [1.82, 2.24) is 19.7 Å². The largest absolute Gasteiger partial charge is 0.364 e. The molecule has 0 saturated heterocycles. The van der Waals surface area contributed by atoms with E-state index < -0.39 is 0 Å². The van der Waals surface area contributed by atoms with Gasteiger partial charge in [0.25, 0.3) is 0 Å². The van der Waals surface area contributed by atoms with Crippen molar-refractivity contribution in [2.45, 2.75) is 26.8 Å². The zero-order valence-electron chi connectivity index (χ0n) is 10.7. The summed E-state index contributed by atoms with van der Waals surface area (Å²) in [7, 11) is 1.89. The first-order valence-electron chi connectivity index (χ1n) is 5.85. The molecule has 0 fully saturated rings. The summed E-state index contributed by atoms with van der Waals surface area (Å²) in [5, 5.41) is 8.05. The van der Waals surface area contributed by atoms with Crippen molar-refractivity contribution in [2.75, 3.05) is 5.32 Å². The van der Waals surface area contributed by atoms with Gasteiger partial charge in [-0.25, -0.2) is 9.97 Å². The summed E-state index contributed by atoms with van der Waals surface area (Å²) >= 11 is 6.07. The Morgan fingerprint density at radius 2 is 2.17 bits per heavy atom. The second kappa shape index (κ2) is 5.35. The highest BCUT2D eigenvalue weighted by atomic mass is 35.5. The quantitative estimate of drug-likeness (QED) is 0.862. The molecule has 5 nitrogen and oxygen atoms in total. The molecule has 0 amide bonds. The standard InChI is InChI=1S/C12H16ClN5/c1-4-10-15-11(13)8(2)12(16-10)14-7-9-5-6-18(3)17-9/h5-6H,4,7H2,1-3H3,(H,14,15,16). The average molecular weight is 266 g/mol. The van der Waals surface area contributed by atoms with Crippen LogP contribution in [0.4, 0.5) is 5.82 Å². The fourth-order valence-electron chi connectivity index (χ4n) is 1.59. The lowest BCUT2D eigenvalue weighted by Gasteiger charge is -2.09. The van der Waals surface area contributed by atoms with Gasteiger partial charge in [-0.05, 0) is 13.0 Å². The minimum atomic E-state index is 0.505. The van der Waals surface area contributed by atoms with Crippen LogP contribution < -0.4 is 5.32 Å². The number of hydrogen-bond donors (Lipinski definition) is 1. The van der Waals surface area contributed by atoms with Crippen LogP contribution in [0.3, 0.4) is 0 Å². The molecule has 0 spiro atoms. The maximum Gasteiger partial charge on any atom is 0.137 e. The van der Waals surface area contributed by atoms with E-state index in [1.807, 2.05) is 33.2 Å². The number of rotatable bonds is 4. The molecule has 2 aromatic rings. The van der Waals surface area contributed by atoms with Crippen molar-refractivity contribution in [3.8, 4) is 0 Å². The summed E-state index contributed by atoms with van der Waals surface area (Å²) < 4.78 is 1.77. The molecule has 18 heavy (non-hydrogen) atoms. The molecule has 0 aliphatic heterocycles. The Hall–Kier alpha value is -1.62. The third-order valence-electron chi connectivity index (χ3n) is 2.65. The Labute approximate surface area is 111 Å². The predicted octanol–water partition coefficient (Wildman–Crippen LogP) is 2.35. The average Bonchev–Trinajstić information content (AvgIpc) is 2.77. The molecular formula is C12H16ClN5. The van der Waals surface area contributed by atoms with Gasteiger partial charge in [-0.15, -0.1) is 0 Å². The van der Waals surface area contributed by atoms with Crippen LogP contribution in [-0.2, 0) is 20.0 Å². The highest BCUT2D eigenvalue weighted by Crippen LogP contribution is 2.20. The zero-order valence-corrected chi connectivity index (χ0v) is 11.5. The molecule has 0 aromatic carbocycles. The van der Waals surface area contributed by atoms with Crippen molar-refractivity contribution < 1.29 is 0 Å². The molecule has 96 valence electrons. The van der Waals surface area contributed by atoms with E-state index in [-0.39, 0.29) is 0 Å². The molecule has 0 bridgehead atoms. The minimum Gasteiger partial charge on any atom is -0.364 e. The van der Waals surface area contributed by atoms with Crippen molar-refractivity contribution in [1.29, 1.82) is 0 Å². The second-order valence-electron chi connectivity index (χ2n) is 4.09. The van der Waals surface area contributed by atoms with Gasteiger partial charge in [0.2, 0.25) is 0 Å². The molecule has 2 aromatic heterocycles. The highest BCUT2D eigenvalue weighted by Gasteiger charge is 2.08. The monoisotopic (exact) mass is 265 g/mol. The normalized spacial score (nSPS) is 10.7. The Kier molecular flexibility index (Phi) is 3.81. The number of aromatic nitrogens is 4. The molecule has 1 N–H and O–H groups in total. The van der Waals surface area contributed by atoms with E-state index in [1.54, 1.807) is 4.68 Å². The van der Waals surface area contributed by atoms with Crippen molar-refractivity contribution >= 4 is 17.4 Å². The molecule has 0 radical (unpaired) electrons. The topological polar surface area (TPSA) is 55.6 Å². The van der Waals surface area contributed by atoms with Gasteiger partial charge in [-0.3, -0.25) is 4.68 Å². The van der Waals surface area contributed by atoms with Crippen LogP contribution in [0.15, 0.2) is 12.3 Å². The van der Waals surface area contributed by atoms with E-state index in [4.69, 9.17) is 11.6 Å². The van der Waals surface area contributed by atoms with E-state index in [1.165, 1.54) is 0 Å². The summed E-state index contributed by atoms with van der Waals surface area (Å²) in [6.45, 7) is 4.53. The fraction of sp³-hybridized carbons (Fsp3) is 0.417. The fourth-order valence-corrected chi connectivity index (χ4v) is 1.78. The van der Waals surface area contributed by atoms with Crippen molar-refractivity contribution in [2.24, 2.45) is 7.05 Å². The Bertz CT molecular complexity index is 549. The molecule has 0 aliphatic rings. The molecule has 0 atom stereocenters. The lowest BCUT2D eigenvalue weighted by molar-refractivity contribution is 0.746. The number of hydrogen-bond acceptors (Lipinski definition) is 4. The number of anilines is 1. The van der Waals surface area contributed by atoms with Gasteiger partial charge in [0.1, 0.15) is 16.8 Å². The maximum atomic E-state index is 6.07. The molecule has 6 heteroatoms. The number of nitrogens with one attached hydrogen (secondary N) is 1. The molecule has 2 rings (SSSR count). The van der Waals surface area contributed by atoms with Crippen LogP contribution >= 0.6 is 11.6 Å². The molecular weight excluding hydrogens is 250 g/mol. The second-order valence-corrected chi connectivity index (χ2v) is 4.45. The van der Waals surface area contributed by atoms with Gasteiger partial charge >= 0.3 is 0 Å². The lowest BCUT2D eigenvalue weighted by atomic mass is 10.3. The van der Waals surface area contributed by atoms with E-state index in [9.17, 15) is 0 Å². The highest BCUT2D eigenvalue weighted by molar-refractivity contribution is 6.30. The van der Waals surface area contributed by atoms with Gasteiger partial charge in [0, 0.05) is 25.2 Å². The number of aryl methyl sites for hydroxylation is 2. The first kappa shape index (κ1) is 12.8. The summed E-state index contributed by atoms with van der Waals surface area (Å²) in [6, 6.07) is 1.96. The van der Waals surface area contributed by atoms with Gasteiger partial charge in [0.05, 0.1) is 12.2 Å². The van der Waals surface area contributed by atoms with E-state index >= 15 is 0 Å². The maximum absolute atomic E-state index is 6.07. The van der Waals surface area contributed by atoms with Crippen LogP contribution in [0.5, 0.6) is 0 Å². The lowest BCUT2D eigenvalue weighted by Crippen LogP contribution is -2.07. The van der Waals surface area contributed by atoms with Crippen LogP contribution in [0.25, 0.3) is 0 Å². The zero-order chi connectivity index (χ0) is 13.1. The van der Waals surface area contributed by atoms with E-state index in [0.717, 1.165) is 29.3 Å². The SMILES string of the molecule is CCc1nc(Cl)c(C)c(NCc2ccn(C)n2)n1. The summed E-state index contributed by atoms with van der Waals surface area (Å²) in [4.78, 5) is 8.64.